The van der Waals surface area contributed by atoms with E-state index in [2.05, 4.69) is 0 Å². The molecule has 3 aromatic rings. The van der Waals surface area contributed by atoms with E-state index in [4.69, 9.17) is 0 Å². The Hall–Kier alpha value is -2.59. The van der Waals surface area contributed by atoms with Gasteiger partial charge < -0.3 is 5.11 Å². The van der Waals surface area contributed by atoms with Crippen LogP contribution in [0.25, 0.3) is 0 Å². The average Bonchev–Trinajstić information content (AvgIpc) is 2.59. The number of hydrogen-bond acceptors (Lipinski definition) is 3. The second kappa shape index (κ2) is 6.73. The van der Waals surface area contributed by atoms with Gasteiger partial charge in [-0.3, -0.25) is 0 Å². The van der Waals surface area contributed by atoms with Gasteiger partial charge in [0.25, 0.3) is 0 Å². The molecule has 1 N–H and O–H groups in total. The van der Waals surface area contributed by atoms with Crippen molar-refractivity contribution in [3.63, 3.8) is 0 Å². The Morgan fingerprint density at radius 1 is 0.840 bits per heavy atom. The van der Waals surface area contributed by atoms with Crippen LogP contribution in [0.15, 0.2) is 77.7 Å². The summed E-state index contributed by atoms with van der Waals surface area (Å²) in [4.78, 5) is 0.239. The SMILES string of the molecule is Cc1cc(C)c(C(c2ccccc2)S(=O)(=O)c2ccccc2)c(O)c1. The maximum atomic E-state index is 13.4. The molecule has 0 radical (unpaired) electrons. The number of aryl methyl sites for hydroxylation is 2. The molecule has 4 heteroatoms. The van der Waals surface area contributed by atoms with E-state index in [0.717, 1.165) is 11.1 Å². The molecule has 0 aliphatic carbocycles. The summed E-state index contributed by atoms with van der Waals surface area (Å²) in [6, 6.07) is 20.9. The second-order valence-corrected chi connectivity index (χ2v) is 8.20. The van der Waals surface area contributed by atoms with Gasteiger partial charge in [0, 0.05) is 5.56 Å². The van der Waals surface area contributed by atoms with E-state index in [-0.39, 0.29) is 10.6 Å². The number of phenols is 1. The van der Waals surface area contributed by atoms with Gasteiger partial charge in [0.15, 0.2) is 9.84 Å². The fourth-order valence-electron chi connectivity index (χ4n) is 3.17. The minimum atomic E-state index is -3.73. The number of rotatable bonds is 4. The summed E-state index contributed by atoms with van der Waals surface area (Å²) in [5.41, 5.74) is 2.71. The lowest BCUT2D eigenvalue weighted by Gasteiger charge is -2.22. The molecule has 0 aliphatic rings. The van der Waals surface area contributed by atoms with Gasteiger partial charge in [0.05, 0.1) is 4.90 Å². The van der Waals surface area contributed by atoms with Crippen molar-refractivity contribution >= 4 is 9.84 Å². The topological polar surface area (TPSA) is 54.4 Å². The summed E-state index contributed by atoms with van der Waals surface area (Å²) >= 11 is 0. The van der Waals surface area contributed by atoms with Crippen LogP contribution in [0.2, 0.25) is 0 Å². The third kappa shape index (κ3) is 3.30. The lowest BCUT2D eigenvalue weighted by molar-refractivity contribution is 0.466. The maximum Gasteiger partial charge on any atom is 0.189 e. The lowest BCUT2D eigenvalue weighted by atomic mass is 9.97. The zero-order valence-electron chi connectivity index (χ0n) is 14.2. The predicted octanol–water partition coefficient (Wildman–Crippen LogP) is 4.57. The number of aromatic hydroxyl groups is 1. The summed E-state index contributed by atoms with van der Waals surface area (Å²) in [5, 5.41) is 9.59. The first-order chi connectivity index (χ1) is 11.9. The quantitative estimate of drug-likeness (QED) is 0.748. The first kappa shape index (κ1) is 17.2. The summed E-state index contributed by atoms with van der Waals surface area (Å²) < 4.78 is 26.8. The smallest absolute Gasteiger partial charge is 0.189 e. The number of sulfone groups is 1. The van der Waals surface area contributed by atoms with Gasteiger partial charge in [0.2, 0.25) is 0 Å². The van der Waals surface area contributed by atoms with Crippen LogP contribution in [0.4, 0.5) is 0 Å². The highest BCUT2D eigenvalue weighted by Gasteiger charge is 2.33. The lowest BCUT2D eigenvalue weighted by Crippen LogP contribution is -2.16. The minimum absolute atomic E-state index is 0.00543. The molecular weight excluding hydrogens is 332 g/mol. The Kier molecular flexibility index (Phi) is 4.64. The molecule has 0 amide bonds. The molecule has 0 fully saturated rings. The van der Waals surface area contributed by atoms with E-state index in [1.807, 2.05) is 38.1 Å². The number of phenolic OH excluding ortho intramolecular Hbond substituents is 1. The van der Waals surface area contributed by atoms with Gasteiger partial charge in [0.1, 0.15) is 11.0 Å². The van der Waals surface area contributed by atoms with Crippen molar-refractivity contribution in [3.05, 3.63) is 95.1 Å². The van der Waals surface area contributed by atoms with Crippen LogP contribution < -0.4 is 0 Å². The second-order valence-electron chi connectivity index (χ2n) is 6.16. The Morgan fingerprint density at radius 3 is 1.96 bits per heavy atom. The standard InChI is InChI=1S/C21H20O3S/c1-15-13-16(2)20(19(22)14-15)21(17-9-5-3-6-10-17)25(23,24)18-11-7-4-8-12-18/h3-14,21-22H,1-2H3. The van der Waals surface area contributed by atoms with E-state index in [9.17, 15) is 13.5 Å². The molecular formula is C21H20O3S. The van der Waals surface area contributed by atoms with Crippen molar-refractivity contribution in [2.45, 2.75) is 24.0 Å². The van der Waals surface area contributed by atoms with Crippen molar-refractivity contribution in [1.29, 1.82) is 0 Å². The molecule has 1 atom stereocenters. The van der Waals surface area contributed by atoms with E-state index in [1.54, 1.807) is 48.5 Å². The van der Waals surface area contributed by atoms with E-state index in [1.165, 1.54) is 0 Å². The molecule has 3 nitrogen and oxygen atoms in total. The normalized spacial score (nSPS) is 12.7. The molecule has 0 bridgehead atoms. The molecule has 25 heavy (non-hydrogen) atoms. The molecule has 1 unspecified atom stereocenters. The van der Waals surface area contributed by atoms with E-state index < -0.39 is 15.1 Å². The Balaban J connectivity index is 2.30. The fraction of sp³-hybridized carbons (Fsp3) is 0.143. The van der Waals surface area contributed by atoms with Crippen LogP contribution in [-0.2, 0) is 9.84 Å². The first-order valence-corrected chi connectivity index (χ1v) is 9.60. The van der Waals surface area contributed by atoms with Crippen molar-refractivity contribution in [2.24, 2.45) is 0 Å². The van der Waals surface area contributed by atoms with Crippen LogP contribution in [-0.4, -0.2) is 13.5 Å². The molecule has 0 saturated carbocycles. The van der Waals surface area contributed by atoms with Crippen LogP contribution in [0.3, 0.4) is 0 Å². The third-order valence-electron chi connectivity index (χ3n) is 4.26. The monoisotopic (exact) mass is 352 g/mol. The van der Waals surface area contributed by atoms with E-state index in [0.29, 0.717) is 11.1 Å². The summed E-state index contributed by atoms with van der Waals surface area (Å²) in [5.74, 6) is 0.00543. The summed E-state index contributed by atoms with van der Waals surface area (Å²) in [6.45, 7) is 3.71. The molecule has 3 rings (SSSR count). The molecule has 0 heterocycles. The third-order valence-corrected chi connectivity index (χ3v) is 6.31. The van der Waals surface area contributed by atoms with Crippen molar-refractivity contribution < 1.29 is 13.5 Å². The summed E-state index contributed by atoms with van der Waals surface area (Å²) in [7, 11) is -3.73. The molecule has 0 saturated heterocycles. The van der Waals surface area contributed by atoms with Gasteiger partial charge >= 0.3 is 0 Å². The molecule has 0 aromatic heterocycles. The van der Waals surface area contributed by atoms with Crippen LogP contribution in [0, 0.1) is 13.8 Å². The highest BCUT2D eigenvalue weighted by Crippen LogP contribution is 2.41. The molecule has 0 spiro atoms. The van der Waals surface area contributed by atoms with Crippen molar-refractivity contribution in [3.8, 4) is 5.75 Å². The van der Waals surface area contributed by atoms with E-state index >= 15 is 0 Å². The van der Waals surface area contributed by atoms with Crippen LogP contribution >= 0.6 is 0 Å². The van der Waals surface area contributed by atoms with Gasteiger partial charge in [-0.25, -0.2) is 8.42 Å². The van der Waals surface area contributed by atoms with Gasteiger partial charge in [-0.2, -0.15) is 0 Å². The Morgan fingerprint density at radius 2 is 1.40 bits per heavy atom. The maximum absolute atomic E-state index is 13.4. The van der Waals surface area contributed by atoms with Crippen LogP contribution in [0.5, 0.6) is 5.75 Å². The summed E-state index contributed by atoms with van der Waals surface area (Å²) in [6.07, 6.45) is 0. The van der Waals surface area contributed by atoms with Gasteiger partial charge in [-0.05, 0) is 48.7 Å². The molecule has 128 valence electrons. The average molecular weight is 352 g/mol. The minimum Gasteiger partial charge on any atom is -0.508 e. The molecule has 3 aromatic carbocycles. The highest BCUT2D eigenvalue weighted by molar-refractivity contribution is 7.92. The Bertz CT molecular complexity index is 955. The Labute approximate surface area is 148 Å². The van der Waals surface area contributed by atoms with Crippen molar-refractivity contribution in [2.75, 3.05) is 0 Å². The predicted molar refractivity (Wildman–Crippen MR) is 99.5 cm³/mol. The zero-order valence-corrected chi connectivity index (χ0v) is 15.0. The largest absolute Gasteiger partial charge is 0.508 e. The first-order valence-electron chi connectivity index (χ1n) is 8.05. The van der Waals surface area contributed by atoms with Gasteiger partial charge in [-0.1, -0.05) is 54.6 Å². The number of benzene rings is 3. The van der Waals surface area contributed by atoms with Gasteiger partial charge in [-0.15, -0.1) is 0 Å². The molecule has 0 aliphatic heterocycles. The van der Waals surface area contributed by atoms with Crippen LogP contribution in [0.1, 0.15) is 27.5 Å². The van der Waals surface area contributed by atoms with Crippen molar-refractivity contribution in [1.82, 2.24) is 0 Å². The number of hydrogen-bond donors (Lipinski definition) is 1. The highest BCUT2D eigenvalue weighted by atomic mass is 32.2. The fourth-order valence-corrected chi connectivity index (χ4v) is 5.11. The zero-order chi connectivity index (χ0) is 18.0.